The molecule has 0 aliphatic carbocycles. The van der Waals surface area contributed by atoms with Crippen LogP contribution in [0.15, 0.2) is 11.1 Å². The van der Waals surface area contributed by atoms with E-state index in [1.807, 2.05) is 0 Å². The Labute approximate surface area is 103 Å². The molecule has 0 saturated heterocycles. The van der Waals surface area contributed by atoms with E-state index in [9.17, 15) is 0 Å². The van der Waals surface area contributed by atoms with Crippen LogP contribution in [0.2, 0.25) is 0 Å². The first-order valence-corrected chi connectivity index (χ1v) is 6.57. The minimum atomic E-state index is 0.178. The van der Waals surface area contributed by atoms with Gasteiger partial charge in [0, 0.05) is 17.0 Å². The number of hydrogen-bond donors (Lipinski definition) is 1. The van der Waals surface area contributed by atoms with E-state index in [4.69, 9.17) is 5.73 Å². The molecule has 0 unspecified atom stereocenters. The second-order valence-electron chi connectivity index (χ2n) is 4.97. The van der Waals surface area contributed by atoms with Crippen molar-refractivity contribution in [3.05, 3.63) is 22.9 Å². The molecule has 1 aromatic heterocycles. The van der Waals surface area contributed by atoms with Crippen LogP contribution >= 0.6 is 11.8 Å². The zero-order chi connectivity index (χ0) is 12.3. The third-order valence-corrected chi connectivity index (χ3v) is 3.52. The van der Waals surface area contributed by atoms with Crippen molar-refractivity contribution >= 4 is 11.8 Å². The highest BCUT2D eigenvalue weighted by molar-refractivity contribution is 8.00. The monoisotopic (exact) mass is 238 g/mol. The number of aromatic nitrogens is 1. The summed E-state index contributed by atoms with van der Waals surface area (Å²) in [5, 5.41) is 1.09. The molecule has 0 fully saturated rings. The first-order chi connectivity index (χ1) is 7.37. The lowest BCUT2D eigenvalue weighted by molar-refractivity contribution is 0.793. The van der Waals surface area contributed by atoms with Gasteiger partial charge in [-0.3, -0.25) is 0 Å². The Morgan fingerprint density at radius 3 is 2.38 bits per heavy atom. The van der Waals surface area contributed by atoms with Crippen molar-refractivity contribution in [3.63, 3.8) is 0 Å². The molecular weight excluding hydrogens is 216 g/mol. The minimum Gasteiger partial charge on any atom is -0.326 e. The molecule has 1 rings (SSSR count). The highest BCUT2D eigenvalue weighted by atomic mass is 32.2. The van der Waals surface area contributed by atoms with Gasteiger partial charge in [-0.25, -0.2) is 4.98 Å². The van der Waals surface area contributed by atoms with Crippen LogP contribution in [0, 0.1) is 6.92 Å². The van der Waals surface area contributed by atoms with Gasteiger partial charge in [0.1, 0.15) is 5.03 Å². The van der Waals surface area contributed by atoms with Crippen LogP contribution in [0.5, 0.6) is 0 Å². The number of aryl methyl sites for hydroxylation is 2. The molecule has 0 spiro atoms. The van der Waals surface area contributed by atoms with Gasteiger partial charge in [-0.1, -0.05) is 33.8 Å². The Hall–Kier alpha value is -0.540. The number of rotatable bonds is 3. The van der Waals surface area contributed by atoms with Crippen molar-refractivity contribution < 1.29 is 0 Å². The SMILES string of the molecule is CCc1cc(CN)c(SC(C)(C)C)nc1C. The maximum Gasteiger partial charge on any atom is 0.101 e. The summed E-state index contributed by atoms with van der Waals surface area (Å²) in [6.07, 6.45) is 1.02. The Kier molecular flexibility index (Phi) is 4.39. The van der Waals surface area contributed by atoms with E-state index < -0.39 is 0 Å². The molecule has 1 aromatic rings. The first-order valence-electron chi connectivity index (χ1n) is 5.76. The fourth-order valence-corrected chi connectivity index (χ4v) is 2.59. The second kappa shape index (κ2) is 5.19. The van der Waals surface area contributed by atoms with E-state index in [0.29, 0.717) is 6.54 Å². The zero-order valence-corrected chi connectivity index (χ0v) is 11.7. The number of nitrogens with zero attached hydrogens (tertiary/aromatic N) is 1. The minimum absolute atomic E-state index is 0.178. The zero-order valence-electron chi connectivity index (χ0n) is 10.9. The topological polar surface area (TPSA) is 38.9 Å². The van der Waals surface area contributed by atoms with Gasteiger partial charge in [0.15, 0.2) is 0 Å². The van der Waals surface area contributed by atoms with E-state index in [2.05, 4.69) is 45.7 Å². The molecule has 0 bridgehead atoms. The molecule has 0 aromatic carbocycles. The van der Waals surface area contributed by atoms with E-state index in [-0.39, 0.29) is 4.75 Å². The van der Waals surface area contributed by atoms with Gasteiger partial charge in [0.25, 0.3) is 0 Å². The molecule has 0 atom stereocenters. The number of thioether (sulfide) groups is 1. The normalized spacial score (nSPS) is 11.9. The average molecular weight is 238 g/mol. The van der Waals surface area contributed by atoms with E-state index in [1.54, 1.807) is 11.8 Å². The molecule has 1 heterocycles. The maximum atomic E-state index is 5.79. The van der Waals surface area contributed by atoms with Gasteiger partial charge in [-0.05, 0) is 24.5 Å². The van der Waals surface area contributed by atoms with E-state index in [1.165, 1.54) is 11.1 Å². The smallest absolute Gasteiger partial charge is 0.101 e. The van der Waals surface area contributed by atoms with Crippen molar-refractivity contribution in [2.75, 3.05) is 0 Å². The third kappa shape index (κ3) is 3.49. The van der Waals surface area contributed by atoms with Crippen LogP contribution < -0.4 is 5.73 Å². The van der Waals surface area contributed by atoms with Crippen LogP contribution in [0.1, 0.15) is 44.5 Å². The van der Waals surface area contributed by atoms with Gasteiger partial charge in [-0.15, -0.1) is 11.8 Å². The molecule has 0 radical (unpaired) electrons. The Balaban J connectivity index is 3.13. The van der Waals surface area contributed by atoms with Gasteiger partial charge in [0.05, 0.1) is 0 Å². The molecule has 2 nitrogen and oxygen atoms in total. The largest absolute Gasteiger partial charge is 0.326 e. The average Bonchev–Trinajstić information content (AvgIpc) is 2.16. The first kappa shape index (κ1) is 13.5. The van der Waals surface area contributed by atoms with E-state index >= 15 is 0 Å². The molecule has 0 amide bonds. The van der Waals surface area contributed by atoms with Crippen molar-refractivity contribution in [2.45, 2.75) is 57.4 Å². The van der Waals surface area contributed by atoms with Crippen LogP contribution in [0.4, 0.5) is 0 Å². The predicted molar refractivity (Wildman–Crippen MR) is 71.9 cm³/mol. The van der Waals surface area contributed by atoms with Gasteiger partial charge in [-0.2, -0.15) is 0 Å². The molecule has 0 saturated carbocycles. The van der Waals surface area contributed by atoms with Crippen molar-refractivity contribution in [1.29, 1.82) is 0 Å². The molecular formula is C13H22N2S. The molecule has 0 aliphatic heterocycles. The van der Waals surface area contributed by atoms with Crippen LogP contribution in [-0.2, 0) is 13.0 Å². The summed E-state index contributed by atoms with van der Waals surface area (Å²) < 4.78 is 0.178. The molecule has 16 heavy (non-hydrogen) atoms. The Morgan fingerprint density at radius 1 is 1.31 bits per heavy atom. The summed E-state index contributed by atoms with van der Waals surface area (Å²) in [6, 6.07) is 2.20. The van der Waals surface area contributed by atoms with E-state index in [0.717, 1.165) is 17.1 Å². The molecule has 3 heteroatoms. The summed E-state index contributed by atoms with van der Waals surface area (Å²) in [4.78, 5) is 4.68. The summed E-state index contributed by atoms with van der Waals surface area (Å²) in [5.41, 5.74) is 9.39. The summed E-state index contributed by atoms with van der Waals surface area (Å²) >= 11 is 1.79. The second-order valence-corrected chi connectivity index (χ2v) is 6.78. The molecule has 2 N–H and O–H groups in total. The van der Waals surface area contributed by atoms with Crippen molar-refractivity contribution in [3.8, 4) is 0 Å². The van der Waals surface area contributed by atoms with Crippen molar-refractivity contribution in [2.24, 2.45) is 5.73 Å². The predicted octanol–water partition coefficient (Wildman–Crippen LogP) is 3.30. The third-order valence-electron chi connectivity index (χ3n) is 2.36. The highest BCUT2D eigenvalue weighted by Crippen LogP contribution is 2.33. The summed E-state index contributed by atoms with van der Waals surface area (Å²) in [5.74, 6) is 0. The number of pyridine rings is 1. The van der Waals surface area contributed by atoms with Gasteiger partial charge >= 0.3 is 0 Å². The fourth-order valence-electron chi connectivity index (χ4n) is 1.55. The quantitative estimate of drug-likeness (QED) is 0.821. The highest BCUT2D eigenvalue weighted by Gasteiger charge is 2.16. The van der Waals surface area contributed by atoms with Crippen LogP contribution in [0.25, 0.3) is 0 Å². The summed E-state index contributed by atoms with van der Waals surface area (Å²) in [6.45, 7) is 11.4. The fraction of sp³-hybridized carbons (Fsp3) is 0.615. The standard InChI is InChI=1S/C13H22N2S/c1-6-10-7-11(8-14)12(15-9(10)2)16-13(3,4)5/h7H,6,8,14H2,1-5H3. The summed E-state index contributed by atoms with van der Waals surface area (Å²) in [7, 11) is 0. The molecule has 90 valence electrons. The number of hydrogen-bond acceptors (Lipinski definition) is 3. The van der Waals surface area contributed by atoms with Gasteiger partial charge in [0.2, 0.25) is 0 Å². The lowest BCUT2D eigenvalue weighted by Gasteiger charge is -2.20. The van der Waals surface area contributed by atoms with Gasteiger partial charge < -0.3 is 5.73 Å². The Bertz CT molecular complexity index is 367. The lowest BCUT2D eigenvalue weighted by atomic mass is 10.1. The molecule has 0 aliphatic rings. The Morgan fingerprint density at radius 2 is 1.94 bits per heavy atom. The lowest BCUT2D eigenvalue weighted by Crippen LogP contribution is -2.11. The number of nitrogens with two attached hydrogens (primary N) is 1. The van der Waals surface area contributed by atoms with Crippen molar-refractivity contribution in [1.82, 2.24) is 4.98 Å². The van der Waals surface area contributed by atoms with Crippen LogP contribution in [0.3, 0.4) is 0 Å². The van der Waals surface area contributed by atoms with Crippen LogP contribution in [-0.4, -0.2) is 9.73 Å². The maximum absolute atomic E-state index is 5.79.